The molecule has 0 radical (unpaired) electrons. The third-order valence-corrected chi connectivity index (χ3v) is 6.64. The van der Waals surface area contributed by atoms with Gasteiger partial charge < -0.3 is 0 Å². The molecular weight excluding hydrogens is 376 g/mol. The number of rotatable bonds is 4. The Morgan fingerprint density at radius 1 is 1.15 bits per heavy atom. The molecule has 0 atom stereocenters. The van der Waals surface area contributed by atoms with E-state index in [1.165, 1.54) is 32.1 Å². The fourth-order valence-corrected chi connectivity index (χ4v) is 5.14. The van der Waals surface area contributed by atoms with Crippen LogP contribution in [0.5, 0.6) is 0 Å². The number of thioether (sulfide) groups is 1. The number of aryl methyl sites for hydroxylation is 1. The van der Waals surface area contributed by atoms with E-state index in [1.54, 1.807) is 34.5 Å². The highest BCUT2D eigenvalue weighted by atomic mass is 35.5. The maximum Gasteiger partial charge on any atom is 0.266 e. The first-order valence-corrected chi connectivity index (χ1v) is 10.9. The van der Waals surface area contributed by atoms with Gasteiger partial charge in [-0.15, -0.1) is 0 Å². The number of benzene rings is 2. The SMILES string of the molecule is Cc1cccc(-n2c(SCC3CCCCC3)nc3cc(Cl)ccc3c2=O)c1. The van der Waals surface area contributed by atoms with Crippen LogP contribution in [0, 0.1) is 12.8 Å². The Bertz CT molecular complexity index is 1020. The Kier molecular flexibility index (Phi) is 5.55. The maximum atomic E-state index is 13.3. The highest BCUT2D eigenvalue weighted by molar-refractivity contribution is 7.99. The number of halogens is 1. The Morgan fingerprint density at radius 3 is 2.74 bits per heavy atom. The minimum Gasteiger partial charge on any atom is -0.268 e. The molecule has 0 saturated heterocycles. The molecule has 2 aromatic carbocycles. The van der Waals surface area contributed by atoms with Crippen molar-refractivity contribution < 1.29 is 0 Å². The lowest BCUT2D eigenvalue weighted by Crippen LogP contribution is -2.22. The number of nitrogens with zero attached hydrogens (tertiary/aromatic N) is 2. The molecule has 0 bridgehead atoms. The average molecular weight is 399 g/mol. The molecule has 0 spiro atoms. The fourth-order valence-electron chi connectivity index (χ4n) is 3.78. The van der Waals surface area contributed by atoms with Crippen molar-refractivity contribution in [2.45, 2.75) is 44.2 Å². The van der Waals surface area contributed by atoms with Gasteiger partial charge in [0.1, 0.15) is 0 Å². The highest BCUT2D eigenvalue weighted by Gasteiger charge is 2.18. The zero-order valence-electron chi connectivity index (χ0n) is 15.5. The van der Waals surface area contributed by atoms with Crippen LogP contribution in [0.3, 0.4) is 0 Å². The van der Waals surface area contributed by atoms with Crippen LogP contribution in [0.25, 0.3) is 16.6 Å². The van der Waals surface area contributed by atoms with Gasteiger partial charge in [0.25, 0.3) is 5.56 Å². The van der Waals surface area contributed by atoms with Crippen LogP contribution >= 0.6 is 23.4 Å². The van der Waals surface area contributed by atoms with E-state index < -0.39 is 0 Å². The van der Waals surface area contributed by atoms with Crippen LogP contribution < -0.4 is 5.56 Å². The summed E-state index contributed by atoms with van der Waals surface area (Å²) in [5, 5.41) is 1.96. The highest BCUT2D eigenvalue weighted by Crippen LogP contribution is 2.30. The van der Waals surface area contributed by atoms with Crippen molar-refractivity contribution in [3.63, 3.8) is 0 Å². The standard InChI is InChI=1S/C22H23ClN2OS/c1-15-6-5-9-18(12-15)25-21(26)19-11-10-17(23)13-20(19)24-22(25)27-14-16-7-3-2-4-8-16/h5-6,9-13,16H,2-4,7-8,14H2,1H3. The van der Waals surface area contributed by atoms with Crippen molar-refractivity contribution in [1.29, 1.82) is 0 Å². The van der Waals surface area contributed by atoms with Crippen molar-refractivity contribution in [2.24, 2.45) is 5.92 Å². The first-order chi connectivity index (χ1) is 13.1. The summed E-state index contributed by atoms with van der Waals surface area (Å²) in [6.07, 6.45) is 6.54. The van der Waals surface area contributed by atoms with Crippen LogP contribution in [0.2, 0.25) is 5.02 Å². The Labute approximate surface area is 168 Å². The van der Waals surface area contributed by atoms with Crippen LogP contribution in [0.15, 0.2) is 52.4 Å². The summed E-state index contributed by atoms with van der Waals surface area (Å²) in [7, 11) is 0. The first-order valence-electron chi connectivity index (χ1n) is 9.54. The first kappa shape index (κ1) is 18.6. The summed E-state index contributed by atoms with van der Waals surface area (Å²) in [5.41, 5.74) is 2.63. The van der Waals surface area contributed by atoms with Gasteiger partial charge in [0.05, 0.1) is 16.6 Å². The third kappa shape index (κ3) is 4.07. The van der Waals surface area contributed by atoms with Crippen LogP contribution in [0.1, 0.15) is 37.7 Å². The van der Waals surface area contributed by atoms with Gasteiger partial charge in [-0.3, -0.25) is 9.36 Å². The molecule has 140 valence electrons. The van der Waals surface area contributed by atoms with Gasteiger partial charge in [0.2, 0.25) is 0 Å². The van der Waals surface area contributed by atoms with E-state index >= 15 is 0 Å². The smallest absolute Gasteiger partial charge is 0.266 e. The minimum atomic E-state index is -0.0339. The molecule has 0 unspecified atom stereocenters. The minimum absolute atomic E-state index is 0.0339. The Balaban J connectivity index is 1.80. The van der Waals surface area contributed by atoms with Gasteiger partial charge in [0.15, 0.2) is 5.16 Å². The Hall–Kier alpha value is -1.78. The number of hydrogen-bond donors (Lipinski definition) is 0. The van der Waals surface area contributed by atoms with Crippen molar-refractivity contribution >= 4 is 34.3 Å². The molecule has 1 aromatic heterocycles. The monoisotopic (exact) mass is 398 g/mol. The van der Waals surface area contributed by atoms with E-state index in [-0.39, 0.29) is 5.56 Å². The molecule has 1 fully saturated rings. The second kappa shape index (κ2) is 8.07. The topological polar surface area (TPSA) is 34.9 Å². The molecule has 5 heteroatoms. The Morgan fingerprint density at radius 2 is 1.96 bits per heavy atom. The fraction of sp³-hybridized carbons (Fsp3) is 0.364. The summed E-state index contributed by atoms with van der Waals surface area (Å²) < 4.78 is 1.76. The molecule has 4 rings (SSSR count). The third-order valence-electron chi connectivity index (χ3n) is 5.23. The van der Waals surface area contributed by atoms with E-state index in [9.17, 15) is 4.79 Å². The van der Waals surface area contributed by atoms with Gasteiger partial charge in [-0.05, 0) is 61.6 Å². The molecule has 3 nitrogen and oxygen atoms in total. The molecule has 27 heavy (non-hydrogen) atoms. The molecule has 0 amide bonds. The zero-order chi connectivity index (χ0) is 18.8. The van der Waals surface area contributed by atoms with E-state index in [0.717, 1.165) is 22.2 Å². The van der Waals surface area contributed by atoms with Gasteiger partial charge >= 0.3 is 0 Å². The summed E-state index contributed by atoms with van der Waals surface area (Å²) in [5.74, 6) is 1.71. The summed E-state index contributed by atoms with van der Waals surface area (Å²) >= 11 is 7.84. The normalized spacial score (nSPS) is 15.3. The largest absolute Gasteiger partial charge is 0.268 e. The summed E-state index contributed by atoms with van der Waals surface area (Å²) in [6, 6.07) is 13.3. The lowest BCUT2D eigenvalue weighted by molar-refractivity contribution is 0.390. The lowest BCUT2D eigenvalue weighted by Gasteiger charge is -2.21. The predicted octanol–water partition coefficient (Wildman–Crippen LogP) is 6.02. The van der Waals surface area contributed by atoms with E-state index in [1.807, 2.05) is 31.2 Å². The van der Waals surface area contributed by atoms with E-state index in [0.29, 0.717) is 21.8 Å². The van der Waals surface area contributed by atoms with Crippen molar-refractivity contribution in [3.05, 3.63) is 63.4 Å². The molecule has 1 aliphatic rings. The number of fused-ring (bicyclic) bond motifs is 1. The van der Waals surface area contributed by atoms with Crippen molar-refractivity contribution in [2.75, 3.05) is 5.75 Å². The van der Waals surface area contributed by atoms with Gasteiger partial charge in [-0.1, -0.05) is 54.8 Å². The zero-order valence-corrected chi connectivity index (χ0v) is 17.0. The maximum absolute atomic E-state index is 13.3. The van der Waals surface area contributed by atoms with E-state index in [4.69, 9.17) is 16.6 Å². The molecular formula is C22H23ClN2OS. The molecule has 1 aliphatic carbocycles. The predicted molar refractivity (Wildman–Crippen MR) is 114 cm³/mol. The number of aromatic nitrogens is 2. The second-order valence-corrected chi connectivity index (χ2v) is 8.77. The van der Waals surface area contributed by atoms with Gasteiger partial charge in [0, 0.05) is 10.8 Å². The molecule has 1 heterocycles. The molecule has 1 saturated carbocycles. The second-order valence-electron chi connectivity index (χ2n) is 7.35. The molecule has 0 N–H and O–H groups in total. The van der Waals surface area contributed by atoms with Crippen LogP contribution in [-0.4, -0.2) is 15.3 Å². The van der Waals surface area contributed by atoms with Gasteiger partial charge in [-0.25, -0.2) is 4.98 Å². The van der Waals surface area contributed by atoms with Crippen LogP contribution in [-0.2, 0) is 0 Å². The number of hydrogen-bond acceptors (Lipinski definition) is 3. The summed E-state index contributed by atoms with van der Waals surface area (Å²) in [6.45, 7) is 2.04. The van der Waals surface area contributed by atoms with E-state index in [2.05, 4.69) is 0 Å². The lowest BCUT2D eigenvalue weighted by atomic mass is 9.91. The average Bonchev–Trinajstić information content (AvgIpc) is 2.67. The van der Waals surface area contributed by atoms with Crippen molar-refractivity contribution in [3.8, 4) is 5.69 Å². The molecule has 3 aromatic rings. The molecule has 0 aliphatic heterocycles. The van der Waals surface area contributed by atoms with Gasteiger partial charge in [-0.2, -0.15) is 0 Å². The van der Waals surface area contributed by atoms with Crippen LogP contribution in [0.4, 0.5) is 0 Å². The summed E-state index contributed by atoms with van der Waals surface area (Å²) in [4.78, 5) is 18.1. The quantitative estimate of drug-likeness (QED) is 0.398. The van der Waals surface area contributed by atoms with Crippen molar-refractivity contribution in [1.82, 2.24) is 9.55 Å².